The number of nitrogens with zero attached hydrogens (tertiary/aromatic N) is 1. The van der Waals surface area contributed by atoms with Crippen molar-refractivity contribution in [3.05, 3.63) is 29.6 Å². The summed E-state index contributed by atoms with van der Waals surface area (Å²) in [6, 6.07) is 5.50. The number of aliphatic hydroxyl groups excluding tert-OH is 1. The minimum absolute atomic E-state index is 0.231. The molecule has 3 heteroatoms. The van der Waals surface area contributed by atoms with Gasteiger partial charge in [0.05, 0.1) is 11.8 Å². The summed E-state index contributed by atoms with van der Waals surface area (Å²) in [5.41, 5.74) is 1.28. The van der Waals surface area contributed by atoms with Crippen LogP contribution in [0.2, 0.25) is 0 Å². The number of rotatable bonds is 3. The van der Waals surface area contributed by atoms with Gasteiger partial charge in [-0.1, -0.05) is 31.7 Å². The molecule has 1 aliphatic rings. The zero-order chi connectivity index (χ0) is 13.8. The van der Waals surface area contributed by atoms with Crippen molar-refractivity contribution >= 4 is 5.69 Å². The van der Waals surface area contributed by atoms with Crippen molar-refractivity contribution in [1.29, 1.82) is 0 Å². The molecule has 1 aromatic carbocycles. The molecule has 0 bridgehead atoms. The van der Waals surface area contributed by atoms with Crippen LogP contribution in [0.25, 0.3) is 0 Å². The fourth-order valence-electron chi connectivity index (χ4n) is 2.91. The van der Waals surface area contributed by atoms with Gasteiger partial charge in [-0.2, -0.15) is 0 Å². The summed E-state index contributed by atoms with van der Waals surface area (Å²) in [6.07, 6.45) is 6.75. The van der Waals surface area contributed by atoms with Crippen LogP contribution in [-0.4, -0.2) is 18.2 Å². The van der Waals surface area contributed by atoms with Gasteiger partial charge < -0.3 is 10.0 Å². The van der Waals surface area contributed by atoms with Crippen LogP contribution in [0.5, 0.6) is 0 Å². The van der Waals surface area contributed by atoms with Gasteiger partial charge in [-0.3, -0.25) is 0 Å². The van der Waals surface area contributed by atoms with Crippen molar-refractivity contribution < 1.29 is 9.50 Å². The number of aliphatic hydroxyl groups is 1. The molecule has 0 amide bonds. The highest BCUT2D eigenvalue weighted by atomic mass is 19.1. The number of benzene rings is 1. The van der Waals surface area contributed by atoms with Crippen LogP contribution < -0.4 is 4.90 Å². The zero-order valence-corrected chi connectivity index (χ0v) is 11.9. The molecule has 1 atom stereocenters. The Bertz CT molecular complexity index is 411. The van der Waals surface area contributed by atoms with Gasteiger partial charge in [-0.25, -0.2) is 4.39 Å². The van der Waals surface area contributed by atoms with Gasteiger partial charge >= 0.3 is 0 Å². The number of hydrogen-bond acceptors (Lipinski definition) is 2. The Labute approximate surface area is 115 Å². The van der Waals surface area contributed by atoms with Crippen LogP contribution in [0.1, 0.15) is 57.1 Å². The van der Waals surface area contributed by atoms with Gasteiger partial charge in [-0.05, 0) is 37.5 Å². The summed E-state index contributed by atoms with van der Waals surface area (Å²) in [7, 11) is 1.98. The molecule has 2 nitrogen and oxygen atoms in total. The first-order valence-corrected chi connectivity index (χ1v) is 7.30. The first kappa shape index (κ1) is 14.3. The second kappa shape index (κ2) is 6.38. The Morgan fingerprint density at radius 3 is 2.37 bits per heavy atom. The molecule has 0 radical (unpaired) electrons. The van der Waals surface area contributed by atoms with E-state index in [2.05, 4.69) is 4.90 Å². The standard InChI is InChI=1S/C16H24FNO/c1-12(19)13-9-10-16(15(17)11-13)18(2)14-7-5-3-4-6-8-14/h9-12,14,19H,3-8H2,1-2H3/t12-/m1/s1. The summed E-state index contributed by atoms with van der Waals surface area (Å²) in [5.74, 6) is -0.231. The van der Waals surface area contributed by atoms with Crippen molar-refractivity contribution in [3.63, 3.8) is 0 Å². The highest BCUT2D eigenvalue weighted by Gasteiger charge is 2.20. The van der Waals surface area contributed by atoms with Crippen molar-refractivity contribution in [3.8, 4) is 0 Å². The Morgan fingerprint density at radius 2 is 1.84 bits per heavy atom. The van der Waals surface area contributed by atoms with E-state index in [4.69, 9.17) is 0 Å². The summed E-state index contributed by atoms with van der Waals surface area (Å²) in [5, 5.41) is 9.48. The Hall–Kier alpha value is -1.09. The average Bonchev–Trinajstić information content (AvgIpc) is 2.66. The zero-order valence-electron chi connectivity index (χ0n) is 11.9. The van der Waals surface area contributed by atoms with E-state index in [-0.39, 0.29) is 5.82 Å². The van der Waals surface area contributed by atoms with E-state index in [9.17, 15) is 9.50 Å². The molecule has 2 rings (SSSR count). The molecular formula is C16H24FNO. The quantitative estimate of drug-likeness (QED) is 0.834. The minimum Gasteiger partial charge on any atom is -0.389 e. The van der Waals surface area contributed by atoms with E-state index in [0.717, 1.165) is 12.8 Å². The molecule has 1 N–H and O–H groups in total. The molecule has 19 heavy (non-hydrogen) atoms. The van der Waals surface area contributed by atoms with Crippen molar-refractivity contribution in [2.75, 3.05) is 11.9 Å². The number of halogens is 1. The highest BCUT2D eigenvalue weighted by Crippen LogP contribution is 2.28. The summed E-state index contributed by atoms with van der Waals surface area (Å²) in [4.78, 5) is 2.08. The van der Waals surface area contributed by atoms with Gasteiger partial charge in [0, 0.05) is 13.1 Å². The van der Waals surface area contributed by atoms with Crippen molar-refractivity contribution in [2.24, 2.45) is 0 Å². The third-order valence-corrected chi connectivity index (χ3v) is 4.21. The Balaban J connectivity index is 2.15. The van der Waals surface area contributed by atoms with Gasteiger partial charge in [0.1, 0.15) is 5.82 Å². The third-order valence-electron chi connectivity index (χ3n) is 4.21. The van der Waals surface area contributed by atoms with E-state index >= 15 is 0 Å². The summed E-state index contributed by atoms with van der Waals surface area (Å²) >= 11 is 0. The molecule has 1 aromatic rings. The normalized spacial score (nSPS) is 18.9. The van der Waals surface area contributed by atoms with E-state index in [1.54, 1.807) is 13.0 Å². The Morgan fingerprint density at radius 1 is 1.21 bits per heavy atom. The van der Waals surface area contributed by atoms with Crippen LogP contribution in [0.4, 0.5) is 10.1 Å². The molecule has 0 spiro atoms. The van der Waals surface area contributed by atoms with E-state index < -0.39 is 6.10 Å². The SMILES string of the molecule is C[C@@H](O)c1ccc(N(C)C2CCCCCC2)c(F)c1. The molecule has 1 saturated carbocycles. The van der Waals surface area contributed by atoms with Crippen molar-refractivity contribution in [2.45, 2.75) is 57.6 Å². The lowest BCUT2D eigenvalue weighted by Gasteiger charge is -2.29. The second-order valence-electron chi connectivity index (χ2n) is 5.64. The maximum Gasteiger partial charge on any atom is 0.146 e. The Kier molecular flexibility index (Phi) is 4.81. The van der Waals surface area contributed by atoms with Crippen LogP contribution in [0.3, 0.4) is 0 Å². The lowest BCUT2D eigenvalue weighted by molar-refractivity contribution is 0.199. The molecule has 1 fully saturated rings. The molecule has 0 aliphatic heterocycles. The third kappa shape index (κ3) is 3.47. The lowest BCUT2D eigenvalue weighted by atomic mass is 10.1. The van der Waals surface area contributed by atoms with Gasteiger partial charge in [0.15, 0.2) is 0 Å². The molecule has 0 saturated heterocycles. The molecule has 1 aliphatic carbocycles. The van der Waals surface area contributed by atoms with Gasteiger partial charge in [0.25, 0.3) is 0 Å². The molecule has 0 aromatic heterocycles. The first-order chi connectivity index (χ1) is 9.09. The van der Waals surface area contributed by atoms with Crippen LogP contribution in [0, 0.1) is 5.82 Å². The summed E-state index contributed by atoms with van der Waals surface area (Å²) < 4.78 is 14.2. The average molecular weight is 265 g/mol. The molecule has 0 unspecified atom stereocenters. The number of anilines is 1. The van der Waals surface area contributed by atoms with Crippen LogP contribution >= 0.6 is 0 Å². The van der Waals surface area contributed by atoms with Crippen molar-refractivity contribution in [1.82, 2.24) is 0 Å². The maximum atomic E-state index is 14.2. The lowest BCUT2D eigenvalue weighted by Crippen LogP contribution is -2.31. The van der Waals surface area contributed by atoms with E-state index in [1.165, 1.54) is 31.7 Å². The predicted octanol–water partition coefficient (Wildman–Crippen LogP) is 4.04. The fourth-order valence-corrected chi connectivity index (χ4v) is 2.91. The van der Waals surface area contributed by atoms with E-state index in [0.29, 0.717) is 17.3 Å². The minimum atomic E-state index is -0.619. The monoisotopic (exact) mass is 265 g/mol. The fraction of sp³-hybridized carbons (Fsp3) is 0.625. The van der Waals surface area contributed by atoms with Gasteiger partial charge in [0.2, 0.25) is 0 Å². The number of hydrogen-bond donors (Lipinski definition) is 1. The largest absolute Gasteiger partial charge is 0.389 e. The van der Waals surface area contributed by atoms with E-state index in [1.807, 2.05) is 13.1 Å². The maximum absolute atomic E-state index is 14.2. The predicted molar refractivity (Wildman–Crippen MR) is 76.9 cm³/mol. The smallest absolute Gasteiger partial charge is 0.146 e. The molecule has 106 valence electrons. The second-order valence-corrected chi connectivity index (χ2v) is 5.64. The topological polar surface area (TPSA) is 23.5 Å². The van der Waals surface area contributed by atoms with Crippen LogP contribution in [0.15, 0.2) is 18.2 Å². The summed E-state index contributed by atoms with van der Waals surface area (Å²) in [6.45, 7) is 1.66. The van der Waals surface area contributed by atoms with Gasteiger partial charge in [-0.15, -0.1) is 0 Å². The highest BCUT2D eigenvalue weighted by molar-refractivity contribution is 5.49. The van der Waals surface area contributed by atoms with Crippen LogP contribution in [-0.2, 0) is 0 Å². The first-order valence-electron chi connectivity index (χ1n) is 7.30. The molecule has 0 heterocycles. The molecular weight excluding hydrogens is 241 g/mol.